The van der Waals surface area contributed by atoms with Crippen LogP contribution in [-0.4, -0.2) is 22.1 Å². The molecule has 0 spiro atoms. The standard InChI is InChI=1S/C10H13FO2S/c1-6-4-7(11)2-3-8(6)10(13)9(12)5-14/h2-4,9-10,12-14H,5H2,1H3. The van der Waals surface area contributed by atoms with Gasteiger partial charge < -0.3 is 10.2 Å². The zero-order valence-electron chi connectivity index (χ0n) is 7.81. The Labute approximate surface area is 87.8 Å². The number of thiol groups is 1. The van der Waals surface area contributed by atoms with Gasteiger partial charge in [0.05, 0.1) is 6.10 Å². The van der Waals surface area contributed by atoms with Crippen LogP contribution in [0.3, 0.4) is 0 Å². The van der Waals surface area contributed by atoms with Crippen molar-refractivity contribution in [1.82, 2.24) is 0 Å². The van der Waals surface area contributed by atoms with Crippen molar-refractivity contribution >= 4 is 12.6 Å². The Kier molecular flexibility index (Phi) is 3.92. The maximum absolute atomic E-state index is 12.7. The predicted octanol–water partition coefficient (Wildman–Crippen LogP) is 1.46. The molecule has 0 saturated heterocycles. The Morgan fingerprint density at radius 2 is 2.07 bits per heavy atom. The van der Waals surface area contributed by atoms with Crippen molar-refractivity contribution in [1.29, 1.82) is 0 Å². The first-order valence-electron chi connectivity index (χ1n) is 4.29. The zero-order chi connectivity index (χ0) is 10.7. The number of hydrogen-bond acceptors (Lipinski definition) is 3. The van der Waals surface area contributed by atoms with E-state index in [2.05, 4.69) is 12.6 Å². The SMILES string of the molecule is Cc1cc(F)ccc1C(O)C(O)CS. The Morgan fingerprint density at radius 3 is 2.57 bits per heavy atom. The third-order valence-electron chi connectivity index (χ3n) is 2.10. The van der Waals surface area contributed by atoms with Gasteiger partial charge in [0.25, 0.3) is 0 Å². The molecule has 1 aromatic rings. The van der Waals surface area contributed by atoms with E-state index in [0.717, 1.165) is 0 Å². The number of aliphatic hydroxyl groups is 2. The molecule has 14 heavy (non-hydrogen) atoms. The molecule has 2 nitrogen and oxygen atoms in total. The molecule has 0 saturated carbocycles. The largest absolute Gasteiger partial charge is 0.389 e. The lowest BCUT2D eigenvalue weighted by molar-refractivity contribution is 0.0333. The summed E-state index contributed by atoms with van der Waals surface area (Å²) in [4.78, 5) is 0. The highest BCUT2D eigenvalue weighted by atomic mass is 32.1. The highest BCUT2D eigenvalue weighted by Gasteiger charge is 2.18. The van der Waals surface area contributed by atoms with Crippen LogP contribution in [-0.2, 0) is 0 Å². The molecule has 0 radical (unpaired) electrons. The average molecular weight is 216 g/mol. The second-order valence-electron chi connectivity index (χ2n) is 3.20. The molecule has 0 bridgehead atoms. The molecule has 0 fully saturated rings. The van der Waals surface area contributed by atoms with E-state index in [1.807, 2.05) is 0 Å². The van der Waals surface area contributed by atoms with Crippen molar-refractivity contribution in [2.75, 3.05) is 5.75 Å². The second kappa shape index (κ2) is 4.77. The van der Waals surface area contributed by atoms with Gasteiger partial charge in [-0.2, -0.15) is 12.6 Å². The minimum atomic E-state index is -1.01. The van der Waals surface area contributed by atoms with Crippen LogP contribution in [0, 0.1) is 12.7 Å². The Morgan fingerprint density at radius 1 is 1.43 bits per heavy atom. The molecular weight excluding hydrogens is 203 g/mol. The normalized spacial score (nSPS) is 15.2. The molecule has 0 heterocycles. The van der Waals surface area contributed by atoms with E-state index in [-0.39, 0.29) is 11.6 Å². The minimum Gasteiger partial charge on any atom is -0.389 e. The van der Waals surface area contributed by atoms with E-state index in [1.54, 1.807) is 6.92 Å². The first kappa shape index (κ1) is 11.5. The second-order valence-corrected chi connectivity index (χ2v) is 3.56. The topological polar surface area (TPSA) is 40.5 Å². The van der Waals surface area contributed by atoms with Crippen LogP contribution in [0.5, 0.6) is 0 Å². The van der Waals surface area contributed by atoms with E-state index >= 15 is 0 Å². The van der Waals surface area contributed by atoms with E-state index < -0.39 is 12.2 Å². The van der Waals surface area contributed by atoms with Gasteiger partial charge in [0.1, 0.15) is 11.9 Å². The molecule has 0 aliphatic carbocycles. The third-order valence-corrected chi connectivity index (χ3v) is 2.48. The van der Waals surface area contributed by atoms with E-state index in [4.69, 9.17) is 0 Å². The van der Waals surface area contributed by atoms with Gasteiger partial charge in [0.15, 0.2) is 0 Å². The van der Waals surface area contributed by atoms with Crippen LogP contribution in [0.25, 0.3) is 0 Å². The maximum atomic E-state index is 12.7. The molecule has 2 N–H and O–H groups in total. The van der Waals surface area contributed by atoms with Crippen molar-refractivity contribution in [3.8, 4) is 0 Å². The number of hydrogen-bond donors (Lipinski definition) is 3. The maximum Gasteiger partial charge on any atom is 0.123 e. The van der Waals surface area contributed by atoms with E-state index in [0.29, 0.717) is 11.1 Å². The summed E-state index contributed by atoms with van der Waals surface area (Å²) >= 11 is 3.88. The molecule has 78 valence electrons. The summed E-state index contributed by atoms with van der Waals surface area (Å²) in [5, 5.41) is 19.0. The Bertz CT molecular complexity index is 317. The molecule has 1 rings (SSSR count). The van der Waals surface area contributed by atoms with Crippen LogP contribution in [0.2, 0.25) is 0 Å². The van der Waals surface area contributed by atoms with Crippen LogP contribution in [0.4, 0.5) is 4.39 Å². The Hall–Kier alpha value is -0.580. The van der Waals surface area contributed by atoms with Gasteiger partial charge in [-0.15, -0.1) is 0 Å². The number of benzene rings is 1. The lowest BCUT2D eigenvalue weighted by Crippen LogP contribution is -2.20. The van der Waals surface area contributed by atoms with E-state index in [1.165, 1.54) is 18.2 Å². The first-order chi connectivity index (χ1) is 6.56. The minimum absolute atomic E-state index is 0.165. The van der Waals surface area contributed by atoms with Gasteiger partial charge in [0.2, 0.25) is 0 Å². The number of aliphatic hydroxyl groups excluding tert-OH is 2. The quantitative estimate of drug-likeness (QED) is 0.669. The van der Waals surface area contributed by atoms with Crippen molar-refractivity contribution in [3.05, 3.63) is 35.1 Å². The lowest BCUT2D eigenvalue weighted by atomic mass is 10.0. The zero-order valence-corrected chi connectivity index (χ0v) is 8.71. The number of rotatable bonds is 3. The highest BCUT2D eigenvalue weighted by molar-refractivity contribution is 7.80. The smallest absolute Gasteiger partial charge is 0.123 e. The van der Waals surface area contributed by atoms with Crippen molar-refractivity contribution in [2.45, 2.75) is 19.1 Å². The van der Waals surface area contributed by atoms with Crippen LogP contribution in [0.1, 0.15) is 17.2 Å². The Balaban J connectivity index is 2.95. The van der Waals surface area contributed by atoms with Gasteiger partial charge in [-0.1, -0.05) is 6.07 Å². The van der Waals surface area contributed by atoms with Crippen LogP contribution >= 0.6 is 12.6 Å². The summed E-state index contributed by atoms with van der Waals surface area (Å²) in [6, 6.07) is 4.06. The van der Waals surface area contributed by atoms with Gasteiger partial charge in [-0.3, -0.25) is 0 Å². The van der Waals surface area contributed by atoms with Gasteiger partial charge in [-0.05, 0) is 30.2 Å². The third kappa shape index (κ3) is 2.47. The number of halogens is 1. The van der Waals surface area contributed by atoms with Gasteiger partial charge in [0, 0.05) is 5.75 Å². The van der Waals surface area contributed by atoms with Crippen molar-refractivity contribution in [3.63, 3.8) is 0 Å². The van der Waals surface area contributed by atoms with E-state index in [9.17, 15) is 14.6 Å². The first-order valence-corrected chi connectivity index (χ1v) is 4.92. The van der Waals surface area contributed by atoms with Crippen molar-refractivity contribution < 1.29 is 14.6 Å². The van der Waals surface area contributed by atoms with Gasteiger partial charge >= 0.3 is 0 Å². The molecular formula is C10H13FO2S. The summed E-state index contributed by atoms with van der Waals surface area (Å²) in [7, 11) is 0. The fourth-order valence-electron chi connectivity index (χ4n) is 1.28. The summed E-state index contributed by atoms with van der Waals surface area (Å²) in [5.74, 6) is -0.184. The summed E-state index contributed by atoms with van der Waals surface area (Å²) < 4.78 is 12.7. The fraction of sp³-hybridized carbons (Fsp3) is 0.400. The molecule has 1 aromatic carbocycles. The molecule has 2 atom stereocenters. The summed E-state index contributed by atoms with van der Waals surface area (Å²) in [6.45, 7) is 1.69. The predicted molar refractivity (Wildman–Crippen MR) is 56.0 cm³/mol. The lowest BCUT2D eigenvalue weighted by Gasteiger charge is -2.18. The molecule has 0 aliphatic heterocycles. The molecule has 4 heteroatoms. The van der Waals surface area contributed by atoms with Crippen LogP contribution < -0.4 is 0 Å². The fourth-order valence-corrected chi connectivity index (χ4v) is 1.48. The summed E-state index contributed by atoms with van der Waals surface area (Å²) in [6.07, 6.45) is -1.93. The van der Waals surface area contributed by atoms with Crippen LogP contribution in [0.15, 0.2) is 18.2 Å². The molecule has 0 amide bonds. The monoisotopic (exact) mass is 216 g/mol. The molecule has 2 unspecified atom stereocenters. The highest BCUT2D eigenvalue weighted by Crippen LogP contribution is 2.21. The average Bonchev–Trinajstić information content (AvgIpc) is 2.15. The van der Waals surface area contributed by atoms with Gasteiger partial charge in [-0.25, -0.2) is 4.39 Å². The molecule has 0 aliphatic rings. The summed E-state index contributed by atoms with van der Waals surface area (Å²) in [5.41, 5.74) is 1.16. The molecule has 0 aromatic heterocycles. The van der Waals surface area contributed by atoms with Crippen molar-refractivity contribution in [2.24, 2.45) is 0 Å². The number of aryl methyl sites for hydroxylation is 1.